The van der Waals surface area contributed by atoms with Gasteiger partial charge in [-0.2, -0.15) is 0 Å². The minimum atomic E-state index is 0.263. The van der Waals surface area contributed by atoms with E-state index in [2.05, 4.69) is 48.1 Å². The number of hydrogen-bond acceptors (Lipinski definition) is 3. The van der Waals surface area contributed by atoms with Crippen LogP contribution in [0.2, 0.25) is 0 Å². The molecule has 2 unspecified atom stereocenters. The molecular formula is C15H25N3. The number of rotatable bonds is 4. The van der Waals surface area contributed by atoms with Gasteiger partial charge in [0.25, 0.3) is 0 Å². The van der Waals surface area contributed by atoms with Crippen molar-refractivity contribution in [3.8, 4) is 0 Å². The van der Waals surface area contributed by atoms with Crippen molar-refractivity contribution in [1.82, 2.24) is 15.2 Å². The summed E-state index contributed by atoms with van der Waals surface area (Å²) in [5.41, 5.74) is 1.63. The first-order valence-corrected chi connectivity index (χ1v) is 7.05. The van der Waals surface area contributed by atoms with E-state index < -0.39 is 0 Å². The molecule has 0 aromatic carbocycles. The highest BCUT2D eigenvalue weighted by atomic mass is 15.2. The molecule has 2 rings (SSSR count). The van der Waals surface area contributed by atoms with Gasteiger partial charge in [-0.25, -0.2) is 0 Å². The first kappa shape index (κ1) is 13.5. The summed E-state index contributed by atoms with van der Waals surface area (Å²) < 4.78 is 0. The van der Waals surface area contributed by atoms with Gasteiger partial charge in [-0.15, -0.1) is 0 Å². The lowest BCUT2D eigenvalue weighted by molar-refractivity contribution is 0.0755. The summed E-state index contributed by atoms with van der Waals surface area (Å²) in [6, 6.07) is 4.90. The van der Waals surface area contributed by atoms with Gasteiger partial charge in [0.05, 0.1) is 0 Å². The number of piperazine rings is 1. The molecule has 0 spiro atoms. The van der Waals surface area contributed by atoms with Crippen molar-refractivity contribution in [1.29, 1.82) is 0 Å². The van der Waals surface area contributed by atoms with Crippen molar-refractivity contribution in [3.05, 3.63) is 30.1 Å². The highest BCUT2D eigenvalue weighted by molar-refractivity contribution is 5.10. The molecule has 1 aliphatic rings. The predicted molar refractivity (Wildman–Crippen MR) is 75.4 cm³/mol. The molecule has 18 heavy (non-hydrogen) atoms. The second kappa shape index (κ2) is 5.81. The molecule has 2 heterocycles. The maximum atomic E-state index is 4.09. The molecule has 0 aliphatic carbocycles. The standard InChI is InChI=1S/C15H25N3/c1-4-14-10-17-15(3,5-2)12-18(14)11-13-6-8-16-9-7-13/h6-9,14,17H,4-5,10-12H2,1-3H3. The van der Waals surface area contributed by atoms with Crippen LogP contribution in [0.5, 0.6) is 0 Å². The summed E-state index contributed by atoms with van der Waals surface area (Å²) in [4.78, 5) is 6.71. The van der Waals surface area contributed by atoms with E-state index in [4.69, 9.17) is 0 Å². The fourth-order valence-corrected chi connectivity index (χ4v) is 2.67. The van der Waals surface area contributed by atoms with E-state index >= 15 is 0 Å². The van der Waals surface area contributed by atoms with Crippen LogP contribution in [0.25, 0.3) is 0 Å². The van der Waals surface area contributed by atoms with Crippen LogP contribution in [-0.4, -0.2) is 34.6 Å². The summed E-state index contributed by atoms with van der Waals surface area (Å²) >= 11 is 0. The van der Waals surface area contributed by atoms with Crippen molar-refractivity contribution in [2.24, 2.45) is 0 Å². The Morgan fingerprint density at radius 2 is 2.11 bits per heavy atom. The molecule has 3 nitrogen and oxygen atoms in total. The number of nitrogens with one attached hydrogen (secondary N) is 1. The van der Waals surface area contributed by atoms with E-state index in [1.807, 2.05) is 12.4 Å². The Bertz CT molecular complexity index is 365. The van der Waals surface area contributed by atoms with Gasteiger partial charge in [-0.1, -0.05) is 13.8 Å². The molecular weight excluding hydrogens is 222 g/mol. The maximum Gasteiger partial charge on any atom is 0.0278 e. The number of aromatic nitrogens is 1. The monoisotopic (exact) mass is 247 g/mol. The fraction of sp³-hybridized carbons (Fsp3) is 0.667. The SMILES string of the molecule is CCC1CNC(C)(CC)CN1Cc1ccncc1. The Hall–Kier alpha value is -0.930. The molecule has 1 saturated heterocycles. The smallest absolute Gasteiger partial charge is 0.0278 e. The highest BCUT2D eigenvalue weighted by Gasteiger charge is 2.33. The Balaban J connectivity index is 2.07. The van der Waals surface area contributed by atoms with Gasteiger partial charge in [-0.3, -0.25) is 9.88 Å². The largest absolute Gasteiger partial charge is 0.309 e. The summed E-state index contributed by atoms with van der Waals surface area (Å²) in [5, 5.41) is 3.71. The third kappa shape index (κ3) is 3.09. The van der Waals surface area contributed by atoms with Gasteiger partial charge < -0.3 is 5.32 Å². The van der Waals surface area contributed by atoms with Gasteiger partial charge in [0.15, 0.2) is 0 Å². The molecule has 0 amide bonds. The highest BCUT2D eigenvalue weighted by Crippen LogP contribution is 2.22. The van der Waals surface area contributed by atoms with E-state index in [0.29, 0.717) is 6.04 Å². The Labute approximate surface area is 111 Å². The van der Waals surface area contributed by atoms with Gasteiger partial charge in [-0.05, 0) is 37.5 Å². The van der Waals surface area contributed by atoms with Crippen molar-refractivity contribution in [2.75, 3.05) is 13.1 Å². The molecule has 100 valence electrons. The molecule has 1 fully saturated rings. The molecule has 2 atom stereocenters. The van der Waals surface area contributed by atoms with Gasteiger partial charge >= 0.3 is 0 Å². The van der Waals surface area contributed by atoms with E-state index in [9.17, 15) is 0 Å². The Morgan fingerprint density at radius 3 is 2.72 bits per heavy atom. The van der Waals surface area contributed by atoms with E-state index in [0.717, 1.165) is 19.6 Å². The van der Waals surface area contributed by atoms with Crippen LogP contribution < -0.4 is 5.32 Å². The van der Waals surface area contributed by atoms with E-state index in [-0.39, 0.29) is 5.54 Å². The molecule has 1 aromatic rings. The fourth-order valence-electron chi connectivity index (χ4n) is 2.67. The maximum absolute atomic E-state index is 4.09. The van der Waals surface area contributed by atoms with Crippen molar-refractivity contribution < 1.29 is 0 Å². The Morgan fingerprint density at radius 1 is 1.39 bits per heavy atom. The number of hydrogen-bond donors (Lipinski definition) is 1. The first-order valence-electron chi connectivity index (χ1n) is 7.05. The van der Waals surface area contributed by atoms with Crippen LogP contribution in [0.1, 0.15) is 39.2 Å². The minimum absolute atomic E-state index is 0.263. The molecule has 0 bridgehead atoms. The molecule has 1 N–H and O–H groups in total. The normalized spacial score (nSPS) is 29.4. The number of pyridine rings is 1. The summed E-state index contributed by atoms with van der Waals surface area (Å²) in [6.07, 6.45) is 6.16. The lowest BCUT2D eigenvalue weighted by Gasteiger charge is -2.46. The summed E-state index contributed by atoms with van der Waals surface area (Å²) in [5.74, 6) is 0. The molecule has 0 radical (unpaired) electrons. The number of nitrogens with zero attached hydrogens (tertiary/aromatic N) is 2. The quantitative estimate of drug-likeness (QED) is 0.885. The van der Waals surface area contributed by atoms with Crippen LogP contribution in [0.4, 0.5) is 0 Å². The van der Waals surface area contributed by atoms with Crippen LogP contribution in [-0.2, 0) is 6.54 Å². The molecule has 3 heteroatoms. The van der Waals surface area contributed by atoms with E-state index in [1.54, 1.807) is 0 Å². The zero-order valence-corrected chi connectivity index (χ0v) is 11.8. The second-order valence-corrected chi connectivity index (χ2v) is 5.62. The third-order valence-electron chi connectivity index (χ3n) is 4.22. The van der Waals surface area contributed by atoms with Crippen LogP contribution in [0, 0.1) is 0 Å². The van der Waals surface area contributed by atoms with Crippen LogP contribution in [0.3, 0.4) is 0 Å². The van der Waals surface area contributed by atoms with E-state index in [1.165, 1.54) is 18.4 Å². The average molecular weight is 247 g/mol. The molecule has 1 aromatic heterocycles. The Kier molecular flexibility index (Phi) is 4.36. The van der Waals surface area contributed by atoms with Gasteiger partial charge in [0, 0.05) is 43.6 Å². The van der Waals surface area contributed by atoms with Crippen molar-refractivity contribution in [2.45, 2.75) is 51.7 Å². The second-order valence-electron chi connectivity index (χ2n) is 5.62. The van der Waals surface area contributed by atoms with Crippen LogP contribution >= 0.6 is 0 Å². The van der Waals surface area contributed by atoms with Crippen molar-refractivity contribution in [3.63, 3.8) is 0 Å². The zero-order chi connectivity index (χ0) is 13.0. The lowest BCUT2D eigenvalue weighted by atomic mass is 9.92. The van der Waals surface area contributed by atoms with Gasteiger partial charge in [0.1, 0.15) is 0 Å². The molecule has 0 saturated carbocycles. The van der Waals surface area contributed by atoms with Gasteiger partial charge in [0.2, 0.25) is 0 Å². The average Bonchev–Trinajstić information content (AvgIpc) is 2.40. The van der Waals surface area contributed by atoms with Crippen LogP contribution in [0.15, 0.2) is 24.5 Å². The zero-order valence-electron chi connectivity index (χ0n) is 11.8. The predicted octanol–water partition coefficient (Wildman–Crippen LogP) is 2.43. The van der Waals surface area contributed by atoms with Crippen molar-refractivity contribution >= 4 is 0 Å². The summed E-state index contributed by atoms with van der Waals surface area (Å²) in [7, 11) is 0. The first-order chi connectivity index (χ1) is 8.67. The topological polar surface area (TPSA) is 28.2 Å². The lowest BCUT2D eigenvalue weighted by Crippen LogP contribution is -2.62. The summed E-state index contributed by atoms with van der Waals surface area (Å²) in [6.45, 7) is 10.2. The minimum Gasteiger partial charge on any atom is -0.309 e. The third-order valence-corrected chi connectivity index (χ3v) is 4.22. The molecule has 1 aliphatic heterocycles.